The van der Waals surface area contributed by atoms with Crippen LogP contribution in [0.1, 0.15) is 21.5 Å². The Hall–Kier alpha value is -1.94. The molecule has 1 aromatic heterocycles. The van der Waals surface area contributed by atoms with Crippen LogP contribution in [0.2, 0.25) is 0 Å². The number of nitrogens with one attached hydrogen (secondary N) is 1. The summed E-state index contributed by atoms with van der Waals surface area (Å²) in [6, 6.07) is 9.92. The number of aromatic nitrogens is 1. The largest absolute Gasteiger partial charge is 0.360 e. The van der Waals surface area contributed by atoms with E-state index < -0.39 is 0 Å². The highest BCUT2D eigenvalue weighted by Crippen LogP contribution is 2.29. The highest BCUT2D eigenvalue weighted by atomic mass is 79.9. The van der Waals surface area contributed by atoms with Crippen LogP contribution in [0.15, 0.2) is 47.1 Å². The van der Waals surface area contributed by atoms with Crippen LogP contribution >= 0.6 is 15.9 Å². The molecular formula is C16H11BrFNO. The molecule has 2 aromatic carbocycles. The Morgan fingerprint density at radius 1 is 1.20 bits per heavy atom. The summed E-state index contributed by atoms with van der Waals surface area (Å²) in [6.07, 6.45) is 1.69. The minimum atomic E-state index is -0.334. The molecule has 0 bridgehead atoms. The summed E-state index contributed by atoms with van der Waals surface area (Å²) in [6.45, 7) is 1.74. The van der Waals surface area contributed by atoms with Crippen molar-refractivity contribution in [2.45, 2.75) is 6.92 Å². The second-order valence-electron chi connectivity index (χ2n) is 4.65. The predicted octanol–water partition coefficient (Wildman–Crippen LogP) is 4.61. The van der Waals surface area contributed by atoms with Crippen molar-refractivity contribution < 1.29 is 9.18 Å². The Balaban J connectivity index is 2.18. The van der Waals surface area contributed by atoms with Crippen molar-refractivity contribution in [2.75, 3.05) is 0 Å². The van der Waals surface area contributed by atoms with Gasteiger partial charge in [-0.2, -0.15) is 0 Å². The van der Waals surface area contributed by atoms with Gasteiger partial charge in [-0.15, -0.1) is 0 Å². The molecule has 0 radical (unpaired) electrons. The molecule has 0 aliphatic rings. The van der Waals surface area contributed by atoms with Gasteiger partial charge in [-0.3, -0.25) is 4.79 Å². The number of ketones is 1. The fourth-order valence-corrected chi connectivity index (χ4v) is 2.93. The molecule has 0 spiro atoms. The van der Waals surface area contributed by atoms with Crippen molar-refractivity contribution >= 4 is 32.6 Å². The zero-order chi connectivity index (χ0) is 14.3. The third kappa shape index (κ3) is 2.06. The zero-order valence-corrected chi connectivity index (χ0v) is 12.3. The monoisotopic (exact) mass is 331 g/mol. The third-order valence-electron chi connectivity index (χ3n) is 3.33. The van der Waals surface area contributed by atoms with E-state index in [0.717, 1.165) is 15.4 Å². The summed E-state index contributed by atoms with van der Waals surface area (Å²) in [5.41, 5.74) is 2.63. The summed E-state index contributed by atoms with van der Waals surface area (Å²) < 4.78 is 14.0. The molecule has 20 heavy (non-hydrogen) atoms. The van der Waals surface area contributed by atoms with Gasteiger partial charge in [0.05, 0.1) is 0 Å². The number of rotatable bonds is 2. The fraction of sp³-hybridized carbons (Fsp3) is 0.0625. The van der Waals surface area contributed by atoms with Gasteiger partial charge in [0.2, 0.25) is 0 Å². The number of fused-ring (bicyclic) bond motifs is 1. The molecule has 1 heterocycles. The Labute approximate surface area is 123 Å². The van der Waals surface area contributed by atoms with E-state index in [1.54, 1.807) is 13.1 Å². The van der Waals surface area contributed by atoms with Crippen LogP contribution in [0.4, 0.5) is 4.39 Å². The SMILES string of the molecule is Cc1cc(F)ccc1C(=O)c1c[nH]c2cccc(Br)c12. The Morgan fingerprint density at radius 3 is 2.75 bits per heavy atom. The first-order chi connectivity index (χ1) is 9.58. The topological polar surface area (TPSA) is 32.9 Å². The molecule has 1 N–H and O–H groups in total. The number of aryl methyl sites for hydroxylation is 1. The van der Waals surface area contributed by atoms with Gasteiger partial charge < -0.3 is 4.98 Å². The average Bonchev–Trinajstić information content (AvgIpc) is 2.83. The van der Waals surface area contributed by atoms with Crippen LogP contribution in [-0.4, -0.2) is 10.8 Å². The van der Waals surface area contributed by atoms with E-state index in [2.05, 4.69) is 20.9 Å². The first-order valence-electron chi connectivity index (χ1n) is 6.14. The molecule has 0 atom stereocenters. The van der Waals surface area contributed by atoms with Crippen LogP contribution in [0, 0.1) is 12.7 Å². The molecule has 3 aromatic rings. The van der Waals surface area contributed by atoms with Gasteiger partial charge in [0.15, 0.2) is 5.78 Å². The maximum Gasteiger partial charge on any atom is 0.195 e. The number of hydrogen-bond acceptors (Lipinski definition) is 1. The number of H-pyrrole nitrogens is 1. The highest BCUT2D eigenvalue weighted by Gasteiger charge is 2.17. The predicted molar refractivity (Wildman–Crippen MR) is 80.6 cm³/mol. The second kappa shape index (κ2) is 4.87. The molecule has 0 saturated heterocycles. The van der Waals surface area contributed by atoms with Gasteiger partial charge in [-0.1, -0.05) is 22.0 Å². The van der Waals surface area contributed by atoms with E-state index in [1.165, 1.54) is 18.2 Å². The zero-order valence-electron chi connectivity index (χ0n) is 10.7. The molecule has 0 saturated carbocycles. The number of benzene rings is 2. The summed E-state index contributed by atoms with van der Waals surface area (Å²) in [5, 5.41) is 0.848. The normalized spacial score (nSPS) is 10.9. The quantitative estimate of drug-likeness (QED) is 0.683. The van der Waals surface area contributed by atoms with E-state index in [9.17, 15) is 9.18 Å². The van der Waals surface area contributed by atoms with Crippen LogP contribution < -0.4 is 0 Å². The van der Waals surface area contributed by atoms with E-state index >= 15 is 0 Å². The Morgan fingerprint density at radius 2 is 2.00 bits per heavy atom. The van der Waals surface area contributed by atoms with E-state index in [4.69, 9.17) is 0 Å². The summed E-state index contributed by atoms with van der Waals surface area (Å²) in [7, 11) is 0. The minimum absolute atomic E-state index is 0.111. The lowest BCUT2D eigenvalue weighted by Gasteiger charge is -2.05. The van der Waals surface area contributed by atoms with E-state index in [0.29, 0.717) is 16.7 Å². The lowest BCUT2D eigenvalue weighted by atomic mass is 9.99. The number of hydrogen-bond donors (Lipinski definition) is 1. The Kier molecular flexibility index (Phi) is 3.18. The van der Waals surface area contributed by atoms with Gasteiger partial charge >= 0.3 is 0 Å². The van der Waals surface area contributed by atoms with Gasteiger partial charge in [-0.05, 0) is 42.8 Å². The van der Waals surface area contributed by atoms with Gasteiger partial charge in [0.25, 0.3) is 0 Å². The van der Waals surface area contributed by atoms with Crippen LogP contribution in [0.25, 0.3) is 10.9 Å². The first-order valence-corrected chi connectivity index (χ1v) is 6.93. The van der Waals surface area contributed by atoms with E-state index in [1.807, 2.05) is 18.2 Å². The lowest BCUT2D eigenvalue weighted by Crippen LogP contribution is -2.03. The summed E-state index contributed by atoms with van der Waals surface area (Å²) in [5.74, 6) is -0.445. The number of carbonyl (C=O) groups is 1. The maximum atomic E-state index is 13.1. The van der Waals surface area contributed by atoms with Gasteiger partial charge in [-0.25, -0.2) is 4.39 Å². The average molecular weight is 332 g/mol. The second-order valence-corrected chi connectivity index (χ2v) is 5.51. The molecule has 4 heteroatoms. The minimum Gasteiger partial charge on any atom is -0.360 e. The molecule has 0 aliphatic carbocycles. The standard InChI is InChI=1S/C16H11BrFNO/c1-9-7-10(18)5-6-11(9)16(20)12-8-19-14-4-2-3-13(17)15(12)14/h2-8,19H,1H3. The van der Waals surface area contributed by atoms with Crippen molar-refractivity contribution in [3.8, 4) is 0 Å². The van der Waals surface area contributed by atoms with Crippen LogP contribution in [0.5, 0.6) is 0 Å². The van der Waals surface area contributed by atoms with Crippen molar-refractivity contribution in [1.29, 1.82) is 0 Å². The third-order valence-corrected chi connectivity index (χ3v) is 3.99. The molecule has 0 aliphatic heterocycles. The van der Waals surface area contributed by atoms with Crippen molar-refractivity contribution in [2.24, 2.45) is 0 Å². The number of halogens is 2. The smallest absolute Gasteiger partial charge is 0.195 e. The van der Waals surface area contributed by atoms with Crippen molar-refractivity contribution in [3.63, 3.8) is 0 Å². The van der Waals surface area contributed by atoms with Crippen LogP contribution in [-0.2, 0) is 0 Å². The molecule has 100 valence electrons. The maximum absolute atomic E-state index is 13.1. The van der Waals surface area contributed by atoms with Gasteiger partial charge in [0, 0.05) is 32.7 Å². The molecule has 2 nitrogen and oxygen atoms in total. The molecular weight excluding hydrogens is 321 g/mol. The highest BCUT2D eigenvalue weighted by molar-refractivity contribution is 9.10. The number of carbonyl (C=O) groups excluding carboxylic acids is 1. The van der Waals surface area contributed by atoms with Crippen LogP contribution in [0.3, 0.4) is 0 Å². The summed E-state index contributed by atoms with van der Waals surface area (Å²) in [4.78, 5) is 15.7. The van der Waals surface area contributed by atoms with Gasteiger partial charge in [0.1, 0.15) is 5.82 Å². The lowest BCUT2D eigenvalue weighted by molar-refractivity contribution is 0.103. The Bertz CT molecular complexity index is 822. The molecule has 3 rings (SSSR count). The summed E-state index contributed by atoms with van der Waals surface area (Å²) >= 11 is 3.47. The van der Waals surface area contributed by atoms with Crippen molar-refractivity contribution in [3.05, 3.63) is 69.6 Å². The van der Waals surface area contributed by atoms with E-state index in [-0.39, 0.29) is 11.6 Å². The number of aromatic amines is 1. The van der Waals surface area contributed by atoms with Crippen molar-refractivity contribution in [1.82, 2.24) is 4.98 Å². The molecule has 0 amide bonds. The fourth-order valence-electron chi connectivity index (χ4n) is 2.35. The molecule has 0 unspecified atom stereocenters. The first kappa shape index (κ1) is 13.1. The molecule has 0 fully saturated rings.